The van der Waals surface area contributed by atoms with Gasteiger partial charge in [0.1, 0.15) is 0 Å². The van der Waals surface area contributed by atoms with Gasteiger partial charge in [0.05, 0.1) is 5.75 Å². The third kappa shape index (κ3) is 3.74. The van der Waals surface area contributed by atoms with Crippen molar-refractivity contribution in [1.82, 2.24) is 4.31 Å². The highest BCUT2D eigenvalue weighted by Crippen LogP contribution is 2.27. The van der Waals surface area contributed by atoms with Crippen LogP contribution in [0.25, 0.3) is 0 Å². The van der Waals surface area contributed by atoms with E-state index in [1.54, 1.807) is 4.31 Å². The molecule has 1 rings (SSSR count). The summed E-state index contributed by atoms with van der Waals surface area (Å²) < 4.78 is 25.4. The Bertz CT molecular complexity index is 273. The molecule has 0 heterocycles. The first-order chi connectivity index (χ1) is 7.10. The van der Waals surface area contributed by atoms with Crippen LogP contribution in [-0.4, -0.2) is 38.1 Å². The number of rotatable bonds is 7. The van der Waals surface area contributed by atoms with Crippen LogP contribution in [0.2, 0.25) is 0 Å². The molecule has 0 spiro atoms. The van der Waals surface area contributed by atoms with Crippen LogP contribution in [0.1, 0.15) is 32.6 Å². The van der Waals surface area contributed by atoms with Gasteiger partial charge >= 0.3 is 0 Å². The van der Waals surface area contributed by atoms with Crippen molar-refractivity contribution in [1.29, 1.82) is 0 Å². The minimum Gasteiger partial charge on any atom is -0.330 e. The maximum absolute atomic E-state index is 11.9. The Morgan fingerprint density at radius 2 is 2.07 bits per heavy atom. The summed E-state index contributed by atoms with van der Waals surface area (Å²) in [6, 6.07) is 0. The molecule has 0 bridgehead atoms. The second kappa shape index (κ2) is 5.82. The fraction of sp³-hybridized carbons (Fsp3) is 1.00. The summed E-state index contributed by atoms with van der Waals surface area (Å²) in [6.45, 7) is 3.64. The molecule has 0 radical (unpaired) electrons. The molecule has 90 valence electrons. The molecule has 0 aromatic carbocycles. The first kappa shape index (κ1) is 12.9. The number of nitrogens with two attached hydrogens (primary N) is 1. The lowest BCUT2D eigenvalue weighted by Gasteiger charge is -2.31. The monoisotopic (exact) mass is 234 g/mol. The highest BCUT2D eigenvalue weighted by atomic mass is 32.2. The van der Waals surface area contributed by atoms with Gasteiger partial charge in [0.25, 0.3) is 0 Å². The maximum atomic E-state index is 11.9. The average Bonchev–Trinajstić information content (AvgIpc) is 2.13. The van der Waals surface area contributed by atoms with E-state index in [-0.39, 0.29) is 5.75 Å². The van der Waals surface area contributed by atoms with Crippen molar-refractivity contribution >= 4 is 10.0 Å². The minimum absolute atomic E-state index is 0.198. The number of hydrogen-bond acceptors (Lipinski definition) is 3. The van der Waals surface area contributed by atoms with Gasteiger partial charge in [-0.15, -0.1) is 0 Å². The third-order valence-electron chi connectivity index (χ3n) is 3.04. The molecule has 4 nitrogen and oxygen atoms in total. The fourth-order valence-corrected chi connectivity index (χ4v) is 3.42. The molecular weight excluding hydrogens is 212 g/mol. The van der Waals surface area contributed by atoms with Crippen LogP contribution in [0.5, 0.6) is 0 Å². The summed E-state index contributed by atoms with van der Waals surface area (Å²) in [5, 5.41) is 0. The Kier molecular flexibility index (Phi) is 5.02. The van der Waals surface area contributed by atoms with Gasteiger partial charge in [-0.2, -0.15) is 0 Å². The van der Waals surface area contributed by atoms with E-state index in [0.29, 0.717) is 32.0 Å². The summed E-state index contributed by atoms with van der Waals surface area (Å²) in [4.78, 5) is 0. The van der Waals surface area contributed by atoms with E-state index in [4.69, 9.17) is 5.73 Å². The van der Waals surface area contributed by atoms with Crippen molar-refractivity contribution in [2.24, 2.45) is 11.7 Å². The second-order valence-corrected chi connectivity index (χ2v) is 6.29. The normalized spacial score (nSPS) is 18.1. The summed E-state index contributed by atoms with van der Waals surface area (Å²) >= 11 is 0. The zero-order valence-corrected chi connectivity index (χ0v) is 10.3. The molecule has 0 aromatic heterocycles. The summed E-state index contributed by atoms with van der Waals surface area (Å²) in [7, 11) is -3.05. The van der Waals surface area contributed by atoms with Crippen LogP contribution in [0, 0.1) is 5.92 Å². The highest BCUT2D eigenvalue weighted by molar-refractivity contribution is 7.89. The van der Waals surface area contributed by atoms with Crippen molar-refractivity contribution in [3.05, 3.63) is 0 Å². The Morgan fingerprint density at radius 3 is 2.47 bits per heavy atom. The number of sulfonamides is 1. The maximum Gasteiger partial charge on any atom is 0.214 e. The van der Waals surface area contributed by atoms with Crippen molar-refractivity contribution in [2.45, 2.75) is 32.6 Å². The van der Waals surface area contributed by atoms with E-state index >= 15 is 0 Å². The van der Waals surface area contributed by atoms with Crippen LogP contribution in [-0.2, 0) is 10.0 Å². The van der Waals surface area contributed by atoms with Gasteiger partial charge in [-0.1, -0.05) is 13.3 Å². The first-order valence-electron chi connectivity index (χ1n) is 5.78. The molecule has 2 N–H and O–H groups in total. The van der Waals surface area contributed by atoms with E-state index in [1.165, 1.54) is 19.3 Å². The standard InChI is InChI=1S/C10H22N2O2S/c1-2-12(9-10-5-3-6-10)15(13,14)8-4-7-11/h10H,2-9,11H2,1H3. The molecule has 0 aliphatic heterocycles. The van der Waals surface area contributed by atoms with Crippen molar-refractivity contribution in [2.75, 3.05) is 25.4 Å². The molecular formula is C10H22N2O2S. The Hall–Kier alpha value is -0.130. The van der Waals surface area contributed by atoms with E-state index in [1.807, 2.05) is 6.92 Å². The van der Waals surface area contributed by atoms with Crippen LogP contribution in [0.15, 0.2) is 0 Å². The molecule has 0 saturated heterocycles. The summed E-state index contributed by atoms with van der Waals surface area (Å²) in [5.41, 5.74) is 5.33. The third-order valence-corrected chi connectivity index (χ3v) is 5.04. The van der Waals surface area contributed by atoms with Crippen molar-refractivity contribution < 1.29 is 8.42 Å². The fourth-order valence-electron chi connectivity index (χ4n) is 1.80. The molecule has 5 heteroatoms. The summed E-state index contributed by atoms with van der Waals surface area (Å²) in [5.74, 6) is 0.793. The van der Waals surface area contributed by atoms with Crippen LogP contribution >= 0.6 is 0 Å². The Morgan fingerprint density at radius 1 is 1.40 bits per heavy atom. The number of hydrogen-bond donors (Lipinski definition) is 1. The highest BCUT2D eigenvalue weighted by Gasteiger charge is 2.26. The molecule has 1 aliphatic rings. The Labute approximate surface area is 92.9 Å². The molecule has 1 aliphatic carbocycles. The SMILES string of the molecule is CCN(CC1CCC1)S(=O)(=O)CCCN. The van der Waals surface area contributed by atoms with Gasteiger partial charge in [0.2, 0.25) is 10.0 Å². The zero-order chi connectivity index (χ0) is 11.3. The molecule has 0 atom stereocenters. The smallest absolute Gasteiger partial charge is 0.214 e. The van der Waals surface area contributed by atoms with E-state index in [9.17, 15) is 8.42 Å². The van der Waals surface area contributed by atoms with Crippen molar-refractivity contribution in [3.8, 4) is 0 Å². The van der Waals surface area contributed by atoms with Crippen LogP contribution in [0.3, 0.4) is 0 Å². The lowest BCUT2D eigenvalue weighted by molar-refractivity contribution is 0.250. The average molecular weight is 234 g/mol. The minimum atomic E-state index is -3.05. The molecule has 1 saturated carbocycles. The van der Waals surface area contributed by atoms with Gasteiger partial charge < -0.3 is 5.73 Å². The topological polar surface area (TPSA) is 63.4 Å². The Balaban J connectivity index is 2.47. The van der Waals surface area contributed by atoms with Gasteiger partial charge in [-0.25, -0.2) is 12.7 Å². The second-order valence-electron chi connectivity index (χ2n) is 4.21. The van der Waals surface area contributed by atoms with E-state index < -0.39 is 10.0 Å². The molecule has 0 amide bonds. The predicted molar refractivity (Wildman–Crippen MR) is 62.0 cm³/mol. The molecule has 0 unspecified atom stereocenters. The molecule has 0 aromatic rings. The van der Waals surface area contributed by atoms with Gasteiger partial charge in [-0.3, -0.25) is 0 Å². The molecule has 1 fully saturated rings. The lowest BCUT2D eigenvalue weighted by atomic mass is 9.85. The van der Waals surface area contributed by atoms with Gasteiger partial charge in [0.15, 0.2) is 0 Å². The molecule has 15 heavy (non-hydrogen) atoms. The van der Waals surface area contributed by atoms with Crippen molar-refractivity contribution in [3.63, 3.8) is 0 Å². The first-order valence-corrected chi connectivity index (χ1v) is 7.39. The zero-order valence-electron chi connectivity index (χ0n) is 9.48. The quantitative estimate of drug-likeness (QED) is 0.708. The van der Waals surface area contributed by atoms with Gasteiger partial charge in [-0.05, 0) is 31.7 Å². The van der Waals surface area contributed by atoms with E-state index in [2.05, 4.69) is 0 Å². The largest absolute Gasteiger partial charge is 0.330 e. The lowest BCUT2D eigenvalue weighted by Crippen LogP contribution is -2.38. The predicted octanol–water partition coefficient (Wildman–Crippen LogP) is 0.787. The van der Waals surface area contributed by atoms with Gasteiger partial charge in [0, 0.05) is 13.1 Å². The van der Waals surface area contributed by atoms with E-state index in [0.717, 1.165) is 0 Å². The summed E-state index contributed by atoms with van der Waals surface area (Å²) in [6.07, 6.45) is 4.18. The van der Waals surface area contributed by atoms with Crippen LogP contribution in [0.4, 0.5) is 0 Å². The number of nitrogens with zero attached hydrogens (tertiary/aromatic N) is 1. The van der Waals surface area contributed by atoms with Crippen LogP contribution < -0.4 is 5.73 Å².